The molecule has 1 fully saturated rings. The van der Waals surface area contributed by atoms with Crippen molar-refractivity contribution in [2.24, 2.45) is 5.92 Å². The lowest BCUT2D eigenvalue weighted by Crippen LogP contribution is -2.38. The first-order chi connectivity index (χ1) is 13.2. The highest BCUT2D eigenvalue weighted by Crippen LogP contribution is 2.29. The molecular formula is C19H25N5O3. The molecule has 3 heterocycles. The fraction of sp³-hybridized carbons (Fsp3) is 0.579. The Kier molecular flexibility index (Phi) is 4.96. The Bertz CT molecular complexity index is 836. The van der Waals surface area contributed by atoms with E-state index in [1.165, 1.54) is 6.39 Å². The first-order valence-corrected chi connectivity index (χ1v) is 9.70. The van der Waals surface area contributed by atoms with E-state index in [4.69, 9.17) is 4.42 Å². The summed E-state index contributed by atoms with van der Waals surface area (Å²) in [6.07, 6.45) is 6.02. The number of carbonyl (C=O) groups excluding carboxylic acids is 2. The average molecular weight is 371 g/mol. The van der Waals surface area contributed by atoms with Crippen molar-refractivity contribution in [1.29, 1.82) is 0 Å². The Labute approximate surface area is 157 Å². The second kappa shape index (κ2) is 7.54. The maximum atomic E-state index is 12.6. The summed E-state index contributed by atoms with van der Waals surface area (Å²) in [5, 5.41) is 7.45. The molecule has 8 nitrogen and oxygen atoms in total. The smallest absolute Gasteiger partial charge is 0.273 e. The van der Waals surface area contributed by atoms with Crippen LogP contribution in [0.3, 0.4) is 0 Å². The maximum Gasteiger partial charge on any atom is 0.273 e. The first-order valence-electron chi connectivity index (χ1n) is 9.70. The van der Waals surface area contributed by atoms with Crippen LogP contribution in [0.25, 0.3) is 0 Å². The summed E-state index contributed by atoms with van der Waals surface area (Å²) in [4.78, 5) is 30.8. The van der Waals surface area contributed by atoms with Crippen molar-refractivity contribution in [3.63, 3.8) is 0 Å². The molecule has 0 radical (unpaired) electrons. The third-order valence-electron chi connectivity index (χ3n) is 5.44. The van der Waals surface area contributed by atoms with E-state index in [0.29, 0.717) is 31.0 Å². The number of nitrogens with zero attached hydrogens (tertiary/aromatic N) is 4. The van der Waals surface area contributed by atoms with Crippen LogP contribution in [0.1, 0.15) is 60.2 Å². The largest absolute Gasteiger partial charge is 0.448 e. The monoisotopic (exact) mass is 371 g/mol. The molecule has 2 aromatic heterocycles. The molecule has 2 aromatic rings. The van der Waals surface area contributed by atoms with Crippen LogP contribution in [-0.2, 0) is 30.8 Å². The van der Waals surface area contributed by atoms with Crippen molar-refractivity contribution in [2.45, 2.75) is 58.7 Å². The van der Waals surface area contributed by atoms with Crippen LogP contribution in [-0.4, -0.2) is 38.0 Å². The van der Waals surface area contributed by atoms with Gasteiger partial charge in [-0.1, -0.05) is 13.3 Å². The number of oxazole rings is 1. The van der Waals surface area contributed by atoms with Crippen molar-refractivity contribution < 1.29 is 14.0 Å². The fourth-order valence-electron chi connectivity index (χ4n) is 3.67. The molecule has 27 heavy (non-hydrogen) atoms. The summed E-state index contributed by atoms with van der Waals surface area (Å²) in [5.41, 5.74) is 2.15. The number of aromatic nitrogens is 3. The Hall–Kier alpha value is -2.64. The molecule has 1 N–H and O–H groups in total. The summed E-state index contributed by atoms with van der Waals surface area (Å²) in [6.45, 7) is 4.42. The summed E-state index contributed by atoms with van der Waals surface area (Å²) in [7, 11) is 0. The van der Waals surface area contributed by atoms with E-state index in [2.05, 4.69) is 15.4 Å². The van der Waals surface area contributed by atoms with Gasteiger partial charge in [-0.05, 0) is 25.3 Å². The van der Waals surface area contributed by atoms with Crippen molar-refractivity contribution in [2.75, 3.05) is 6.54 Å². The Morgan fingerprint density at radius 3 is 2.89 bits per heavy atom. The molecule has 4 rings (SSSR count). The zero-order valence-electron chi connectivity index (χ0n) is 15.6. The molecule has 0 saturated heterocycles. The van der Waals surface area contributed by atoms with E-state index < -0.39 is 0 Å². The summed E-state index contributed by atoms with van der Waals surface area (Å²) in [6, 6.07) is 1.98. The second-order valence-corrected chi connectivity index (χ2v) is 7.25. The Morgan fingerprint density at radius 2 is 2.15 bits per heavy atom. The van der Waals surface area contributed by atoms with Crippen LogP contribution in [0.4, 0.5) is 0 Å². The zero-order chi connectivity index (χ0) is 18.8. The van der Waals surface area contributed by atoms with Gasteiger partial charge < -0.3 is 14.6 Å². The predicted molar refractivity (Wildman–Crippen MR) is 96.7 cm³/mol. The highest BCUT2D eigenvalue weighted by molar-refractivity contribution is 5.93. The van der Waals surface area contributed by atoms with Gasteiger partial charge in [-0.25, -0.2) is 4.98 Å². The van der Waals surface area contributed by atoms with Gasteiger partial charge >= 0.3 is 0 Å². The number of hydrogen-bond acceptors (Lipinski definition) is 5. The molecule has 0 bridgehead atoms. The standard InChI is InChI=1S/C19H25N5O3/c1-2-16-17(21-12-27-16)18(25)20-10-14-9-15-11-23(7-4-8-24(15)22-14)19(26)13-5-3-6-13/h9,12-13H,2-8,10-11H2,1H3,(H,20,25). The minimum atomic E-state index is -0.259. The molecule has 144 valence electrons. The quantitative estimate of drug-likeness (QED) is 0.866. The van der Waals surface area contributed by atoms with Gasteiger partial charge in [0, 0.05) is 25.4 Å². The van der Waals surface area contributed by atoms with Crippen molar-refractivity contribution in [1.82, 2.24) is 25.0 Å². The molecule has 0 unspecified atom stereocenters. The van der Waals surface area contributed by atoms with Gasteiger partial charge in [-0.3, -0.25) is 14.3 Å². The lowest BCUT2D eigenvalue weighted by atomic mass is 9.84. The molecule has 2 amide bonds. The van der Waals surface area contributed by atoms with Crippen LogP contribution in [0, 0.1) is 5.92 Å². The molecule has 1 aliphatic heterocycles. The number of rotatable bonds is 5. The van der Waals surface area contributed by atoms with E-state index in [1.807, 2.05) is 22.6 Å². The van der Waals surface area contributed by atoms with Gasteiger partial charge in [0.25, 0.3) is 5.91 Å². The SMILES string of the molecule is CCc1ocnc1C(=O)NCc1cc2n(n1)CCCN(C(=O)C1CCC1)C2. The van der Waals surface area contributed by atoms with Gasteiger partial charge in [-0.15, -0.1) is 0 Å². The van der Waals surface area contributed by atoms with Gasteiger partial charge in [0.1, 0.15) is 5.76 Å². The molecule has 0 spiro atoms. The molecule has 8 heteroatoms. The predicted octanol–water partition coefficient (Wildman–Crippen LogP) is 1.90. The number of aryl methyl sites for hydroxylation is 2. The van der Waals surface area contributed by atoms with Gasteiger partial charge in [0.15, 0.2) is 12.1 Å². The average Bonchev–Trinajstić information content (AvgIpc) is 3.20. The molecule has 1 saturated carbocycles. The highest BCUT2D eigenvalue weighted by Gasteiger charge is 2.30. The number of nitrogens with one attached hydrogen (secondary N) is 1. The topological polar surface area (TPSA) is 93.3 Å². The van der Waals surface area contributed by atoms with Crippen molar-refractivity contribution >= 4 is 11.8 Å². The minimum absolute atomic E-state index is 0.216. The first kappa shape index (κ1) is 17.8. The zero-order valence-corrected chi connectivity index (χ0v) is 15.6. The Balaban J connectivity index is 1.40. The number of fused-ring (bicyclic) bond motifs is 1. The fourth-order valence-corrected chi connectivity index (χ4v) is 3.67. The normalized spacial score (nSPS) is 17.1. The van der Waals surface area contributed by atoms with Crippen LogP contribution in [0.5, 0.6) is 0 Å². The van der Waals surface area contributed by atoms with E-state index >= 15 is 0 Å². The van der Waals surface area contributed by atoms with Crippen LogP contribution < -0.4 is 5.32 Å². The molecule has 0 atom stereocenters. The van der Waals surface area contributed by atoms with Crippen LogP contribution in [0.2, 0.25) is 0 Å². The van der Waals surface area contributed by atoms with E-state index in [-0.39, 0.29) is 17.7 Å². The van der Waals surface area contributed by atoms with E-state index in [0.717, 1.165) is 50.2 Å². The summed E-state index contributed by atoms with van der Waals surface area (Å²) < 4.78 is 7.17. The number of carbonyl (C=O) groups is 2. The van der Waals surface area contributed by atoms with E-state index in [1.54, 1.807) is 0 Å². The minimum Gasteiger partial charge on any atom is -0.448 e. The van der Waals surface area contributed by atoms with Crippen molar-refractivity contribution in [3.8, 4) is 0 Å². The van der Waals surface area contributed by atoms with Gasteiger partial charge in [-0.2, -0.15) is 5.10 Å². The number of amides is 2. The highest BCUT2D eigenvalue weighted by atomic mass is 16.3. The Morgan fingerprint density at radius 1 is 1.30 bits per heavy atom. The van der Waals surface area contributed by atoms with Gasteiger partial charge in [0.05, 0.1) is 24.5 Å². The lowest BCUT2D eigenvalue weighted by molar-refractivity contribution is -0.138. The molecule has 0 aromatic carbocycles. The third kappa shape index (κ3) is 3.61. The summed E-state index contributed by atoms with van der Waals surface area (Å²) in [5.74, 6) is 0.821. The van der Waals surface area contributed by atoms with E-state index in [9.17, 15) is 9.59 Å². The molecule has 1 aliphatic carbocycles. The molecular weight excluding hydrogens is 346 g/mol. The summed E-state index contributed by atoms with van der Waals surface area (Å²) >= 11 is 0. The number of hydrogen-bond donors (Lipinski definition) is 1. The van der Waals surface area contributed by atoms with Gasteiger partial charge in [0.2, 0.25) is 5.91 Å². The molecule has 2 aliphatic rings. The lowest BCUT2D eigenvalue weighted by Gasteiger charge is -2.30. The second-order valence-electron chi connectivity index (χ2n) is 7.25. The maximum absolute atomic E-state index is 12.6. The van der Waals surface area contributed by atoms with Crippen LogP contribution >= 0.6 is 0 Å². The van der Waals surface area contributed by atoms with Crippen LogP contribution in [0.15, 0.2) is 16.9 Å². The third-order valence-corrected chi connectivity index (χ3v) is 5.44. The van der Waals surface area contributed by atoms with Crippen molar-refractivity contribution in [3.05, 3.63) is 35.3 Å².